The molecule has 8 heteroatoms. The molecule has 0 bridgehead atoms. The first-order valence-electron chi connectivity index (χ1n) is 7.57. The summed E-state index contributed by atoms with van der Waals surface area (Å²) >= 11 is 4.92. The smallest absolute Gasteiger partial charge is 0.201 e. The SMILES string of the molecule is Cc1nc(Sc2nnc3ccccn23)c2c(-c3cccs3)csc2n1. The number of nitrogens with zero attached hydrogens (tertiary/aromatic N) is 5. The third kappa shape index (κ3) is 2.53. The standard InChI is InChI=1S/C17H11N5S3/c1-10-18-15-14(11(9-24-15)12-5-4-8-23-12)16(19-10)25-17-21-20-13-6-2-3-7-22(13)17/h2-9H,1H3. The van der Waals surface area contributed by atoms with Gasteiger partial charge in [-0.2, -0.15) is 0 Å². The van der Waals surface area contributed by atoms with Crippen LogP contribution in [-0.2, 0) is 0 Å². The molecule has 0 aliphatic carbocycles. The quantitative estimate of drug-likeness (QED) is 0.415. The largest absolute Gasteiger partial charge is 0.277 e. The van der Waals surface area contributed by atoms with Crippen molar-refractivity contribution in [1.29, 1.82) is 0 Å². The zero-order valence-electron chi connectivity index (χ0n) is 13.1. The van der Waals surface area contributed by atoms with Crippen LogP contribution in [0.25, 0.3) is 26.3 Å². The Kier molecular flexibility index (Phi) is 3.54. The molecule has 5 nitrogen and oxygen atoms in total. The second-order valence-corrected chi connectivity index (χ2v) is 8.16. The van der Waals surface area contributed by atoms with Gasteiger partial charge in [0.25, 0.3) is 0 Å². The molecule has 0 aromatic carbocycles. The third-order valence-corrected chi connectivity index (χ3v) is 6.49. The van der Waals surface area contributed by atoms with Gasteiger partial charge in [-0.05, 0) is 42.3 Å². The van der Waals surface area contributed by atoms with E-state index in [4.69, 9.17) is 4.98 Å². The van der Waals surface area contributed by atoms with Crippen molar-refractivity contribution in [2.75, 3.05) is 0 Å². The fourth-order valence-corrected chi connectivity index (χ4v) is 5.54. The van der Waals surface area contributed by atoms with Gasteiger partial charge in [0.05, 0.1) is 5.39 Å². The fraction of sp³-hybridized carbons (Fsp3) is 0.0588. The summed E-state index contributed by atoms with van der Waals surface area (Å²) in [6, 6.07) is 10.1. The fourth-order valence-electron chi connectivity index (χ4n) is 2.67. The predicted octanol–water partition coefficient (Wildman–Crippen LogP) is 4.92. The summed E-state index contributed by atoms with van der Waals surface area (Å²) < 4.78 is 1.98. The highest BCUT2D eigenvalue weighted by Crippen LogP contribution is 2.41. The van der Waals surface area contributed by atoms with Gasteiger partial charge in [-0.3, -0.25) is 4.40 Å². The van der Waals surface area contributed by atoms with Crippen molar-refractivity contribution in [1.82, 2.24) is 24.6 Å². The Bertz CT molecular complexity index is 1190. The van der Waals surface area contributed by atoms with Crippen molar-refractivity contribution in [3.8, 4) is 10.4 Å². The van der Waals surface area contributed by atoms with Crippen LogP contribution in [0.5, 0.6) is 0 Å². The molecule has 0 radical (unpaired) electrons. The summed E-state index contributed by atoms with van der Waals surface area (Å²) in [4.78, 5) is 11.6. The number of rotatable bonds is 3. The van der Waals surface area contributed by atoms with Gasteiger partial charge < -0.3 is 0 Å². The van der Waals surface area contributed by atoms with Gasteiger partial charge in [0, 0.05) is 22.0 Å². The van der Waals surface area contributed by atoms with Crippen molar-refractivity contribution in [2.45, 2.75) is 17.1 Å². The van der Waals surface area contributed by atoms with E-state index in [0.717, 1.165) is 31.9 Å². The minimum Gasteiger partial charge on any atom is -0.277 e. The molecule has 0 atom stereocenters. The number of pyridine rings is 1. The van der Waals surface area contributed by atoms with Crippen LogP contribution in [0.2, 0.25) is 0 Å². The molecular weight excluding hydrogens is 370 g/mol. The molecule has 0 spiro atoms. The monoisotopic (exact) mass is 381 g/mol. The maximum atomic E-state index is 4.71. The first-order valence-corrected chi connectivity index (χ1v) is 10.1. The molecule has 0 fully saturated rings. The molecule has 0 unspecified atom stereocenters. The van der Waals surface area contributed by atoms with Gasteiger partial charge in [-0.1, -0.05) is 12.1 Å². The first kappa shape index (κ1) is 15.0. The van der Waals surface area contributed by atoms with Crippen molar-refractivity contribution < 1.29 is 0 Å². The normalized spacial score (nSPS) is 11.6. The lowest BCUT2D eigenvalue weighted by Gasteiger charge is -2.05. The number of thiophene rings is 2. The number of aryl methyl sites for hydroxylation is 1. The number of aromatic nitrogens is 5. The van der Waals surface area contributed by atoms with Crippen LogP contribution in [-0.4, -0.2) is 24.6 Å². The van der Waals surface area contributed by atoms with Gasteiger partial charge >= 0.3 is 0 Å². The molecule has 5 rings (SSSR count). The maximum Gasteiger partial charge on any atom is 0.201 e. The van der Waals surface area contributed by atoms with Crippen molar-refractivity contribution >= 4 is 50.3 Å². The van der Waals surface area contributed by atoms with Gasteiger partial charge in [-0.15, -0.1) is 32.9 Å². The molecule has 0 N–H and O–H groups in total. The predicted molar refractivity (Wildman–Crippen MR) is 103 cm³/mol. The van der Waals surface area contributed by atoms with E-state index >= 15 is 0 Å². The highest BCUT2D eigenvalue weighted by molar-refractivity contribution is 7.99. The molecule has 25 heavy (non-hydrogen) atoms. The van der Waals surface area contributed by atoms with Crippen LogP contribution in [0.3, 0.4) is 0 Å². The molecule has 5 aromatic rings. The van der Waals surface area contributed by atoms with Crippen molar-refractivity contribution in [2.24, 2.45) is 0 Å². The Labute approximate surface area is 155 Å². The van der Waals surface area contributed by atoms with Crippen LogP contribution in [0, 0.1) is 6.92 Å². The lowest BCUT2D eigenvalue weighted by atomic mass is 10.2. The molecule has 0 amide bonds. The Morgan fingerprint density at radius 2 is 2.00 bits per heavy atom. The highest BCUT2D eigenvalue weighted by Gasteiger charge is 2.18. The summed E-state index contributed by atoms with van der Waals surface area (Å²) in [5.74, 6) is 0.767. The Hall–Kier alpha value is -2.29. The highest BCUT2D eigenvalue weighted by atomic mass is 32.2. The van der Waals surface area contributed by atoms with Gasteiger partial charge in [0.1, 0.15) is 15.7 Å². The Balaban J connectivity index is 1.71. The summed E-state index contributed by atoms with van der Waals surface area (Å²) in [6.45, 7) is 1.93. The summed E-state index contributed by atoms with van der Waals surface area (Å²) in [5.41, 5.74) is 2.02. The number of fused-ring (bicyclic) bond motifs is 2. The van der Waals surface area contributed by atoms with Crippen LogP contribution >= 0.6 is 34.4 Å². The van der Waals surface area contributed by atoms with Crippen LogP contribution < -0.4 is 0 Å². The minimum atomic E-state index is 0.767. The van der Waals surface area contributed by atoms with E-state index in [9.17, 15) is 0 Å². The summed E-state index contributed by atoms with van der Waals surface area (Å²) in [5, 5.41) is 15.6. The Morgan fingerprint density at radius 3 is 2.88 bits per heavy atom. The lowest BCUT2D eigenvalue weighted by Crippen LogP contribution is -1.93. The molecular formula is C17H11N5S3. The second kappa shape index (κ2) is 5.91. The molecule has 122 valence electrons. The maximum absolute atomic E-state index is 4.71. The van der Waals surface area contributed by atoms with E-state index in [2.05, 4.69) is 38.1 Å². The van der Waals surface area contributed by atoms with E-state index in [1.165, 1.54) is 22.2 Å². The molecule has 0 saturated carbocycles. The molecule has 0 aliphatic rings. The average molecular weight is 382 g/mol. The lowest BCUT2D eigenvalue weighted by molar-refractivity contribution is 0.914. The zero-order valence-corrected chi connectivity index (χ0v) is 15.5. The van der Waals surface area contributed by atoms with Crippen LogP contribution in [0.4, 0.5) is 0 Å². The van der Waals surface area contributed by atoms with E-state index in [1.54, 1.807) is 22.7 Å². The first-order chi connectivity index (χ1) is 12.3. The average Bonchev–Trinajstić information content (AvgIpc) is 3.33. The van der Waals surface area contributed by atoms with E-state index in [-0.39, 0.29) is 0 Å². The third-order valence-electron chi connectivity index (χ3n) is 3.77. The molecule has 0 aliphatic heterocycles. The van der Waals surface area contributed by atoms with Crippen LogP contribution in [0.1, 0.15) is 5.82 Å². The topological polar surface area (TPSA) is 56.0 Å². The molecule has 5 aromatic heterocycles. The van der Waals surface area contributed by atoms with Gasteiger partial charge in [0.2, 0.25) is 5.16 Å². The summed E-state index contributed by atoms with van der Waals surface area (Å²) in [7, 11) is 0. The zero-order chi connectivity index (χ0) is 16.8. The van der Waals surface area contributed by atoms with E-state index in [1.807, 2.05) is 35.7 Å². The second-order valence-electron chi connectivity index (χ2n) is 5.40. The van der Waals surface area contributed by atoms with Gasteiger partial charge in [0.15, 0.2) is 5.65 Å². The van der Waals surface area contributed by atoms with Crippen molar-refractivity contribution in [3.63, 3.8) is 0 Å². The van der Waals surface area contributed by atoms with E-state index < -0.39 is 0 Å². The number of hydrogen-bond donors (Lipinski definition) is 0. The molecule has 5 heterocycles. The Morgan fingerprint density at radius 1 is 1.04 bits per heavy atom. The van der Waals surface area contributed by atoms with Crippen molar-refractivity contribution in [3.05, 3.63) is 53.1 Å². The van der Waals surface area contributed by atoms with Crippen LogP contribution in [0.15, 0.2) is 57.5 Å². The number of hydrogen-bond acceptors (Lipinski definition) is 7. The summed E-state index contributed by atoms with van der Waals surface area (Å²) in [6.07, 6.45) is 1.97. The van der Waals surface area contributed by atoms with Gasteiger partial charge in [-0.25, -0.2) is 9.97 Å². The van der Waals surface area contributed by atoms with E-state index in [0.29, 0.717) is 0 Å². The molecule has 0 saturated heterocycles. The minimum absolute atomic E-state index is 0.767.